The summed E-state index contributed by atoms with van der Waals surface area (Å²) in [7, 11) is 2.24. The summed E-state index contributed by atoms with van der Waals surface area (Å²) in [6.45, 7) is 14.2. The van der Waals surface area contributed by atoms with Gasteiger partial charge in [0.05, 0.1) is 0 Å². The number of nitrogens with one attached hydrogen (secondary N) is 1. The predicted molar refractivity (Wildman–Crippen MR) is 76.1 cm³/mol. The van der Waals surface area contributed by atoms with Crippen molar-refractivity contribution in [1.29, 1.82) is 0 Å². The van der Waals surface area contributed by atoms with Crippen LogP contribution in [-0.4, -0.2) is 30.6 Å². The number of rotatable bonds is 5. The summed E-state index contributed by atoms with van der Waals surface area (Å²) in [5.41, 5.74) is 1.62. The Balaban J connectivity index is 2.41. The van der Waals surface area contributed by atoms with Crippen LogP contribution in [0, 0.1) is 5.41 Å². The monoisotopic (exact) mass is 238 g/mol. The second kappa shape index (κ2) is 5.90. The van der Waals surface area contributed by atoms with Crippen molar-refractivity contribution >= 4 is 0 Å². The number of nitrogens with zero attached hydrogens (tertiary/aromatic N) is 1. The Labute approximate surface area is 107 Å². The van der Waals surface area contributed by atoms with E-state index < -0.39 is 0 Å². The maximum atomic E-state index is 3.94. The van der Waals surface area contributed by atoms with Crippen LogP contribution >= 0.6 is 0 Å². The van der Waals surface area contributed by atoms with Gasteiger partial charge in [0.2, 0.25) is 0 Å². The third-order valence-electron chi connectivity index (χ3n) is 4.16. The minimum atomic E-state index is 0.506. The lowest BCUT2D eigenvalue weighted by Crippen LogP contribution is -2.42. The fraction of sp³-hybridized carbons (Fsp3) is 0.867. The van der Waals surface area contributed by atoms with Gasteiger partial charge in [0.1, 0.15) is 0 Å². The van der Waals surface area contributed by atoms with Crippen molar-refractivity contribution in [2.75, 3.05) is 13.6 Å². The average molecular weight is 238 g/mol. The van der Waals surface area contributed by atoms with Crippen LogP contribution in [0.25, 0.3) is 0 Å². The molecule has 0 spiro atoms. The van der Waals surface area contributed by atoms with Crippen molar-refractivity contribution in [3.8, 4) is 0 Å². The van der Waals surface area contributed by atoms with E-state index in [0.29, 0.717) is 17.5 Å². The first-order chi connectivity index (χ1) is 7.82. The van der Waals surface area contributed by atoms with E-state index in [2.05, 4.69) is 51.5 Å². The molecule has 0 aliphatic heterocycles. The van der Waals surface area contributed by atoms with Crippen LogP contribution in [-0.2, 0) is 0 Å². The lowest BCUT2D eigenvalue weighted by Gasteiger charge is -2.41. The maximum absolute atomic E-state index is 3.94. The van der Waals surface area contributed by atoms with Gasteiger partial charge in [-0.25, -0.2) is 0 Å². The molecule has 1 saturated carbocycles. The molecule has 0 aromatic heterocycles. The Morgan fingerprint density at radius 2 is 1.94 bits per heavy atom. The van der Waals surface area contributed by atoms with Crippen LogP contribution in [0.2, 0.25) is 0 Å². The van der Waals surface area contributed by atoms with Crippen LogP contribution in [0.4, 0.5) is 0 Å². The smallest absolute Gasteiger partial charge is 0.0258 e. The van der Waals surface area contributed by atoms with Gasteiger partial charge in [-0.1, -0.05) is 13.5 Å². The Kier molecular flexibility index (Phi) is 5.05. The van der Waals surface area contributed by atoms with Crippen LogP contribution in [0.1, 0.15) is 53.4 Å². The third-order valence-corrected chi connectivity index (χ3v) is 4.16. The number of hydrogen-bond acceptors (Lipinski definition) is 2. The van der Waals surface area contributed by atoms with Gasteiger partial charge in [0.15, 0.2) is 0 Å². The molecule has 0 bridgehead atoms. The third kappa shape index (κ3) is 4.71. The highest BCUT2D eigenvalue weighted by Crippen LogP contribution is 2.36. The fourth-order valence-electron chi connectivity index (χ4n) is 2.75. The average Bonchev–Trinajstić information content (AvgIpc) is 2.21. The zero-order valence-electron chi connectivity index (χ0n) is 12.3. The van der Waals surface area contributed by atoms with Crippen LogP contribution in [0.3, 0.4) is 0 Å². The van der Waals surface area contributed by atoms with E-state index in [1.807, 2.05) is 0 Å². The molecule has 1 rings (SSSR count). The van der Waals surface area contributed by atoms with Crippen molar-refractivity contribution in [2.24, 2.45) is 5.41 Å². The van der Waals surface area contributed by atoms with Gasteiger partial charge in [0.25, 0.3) is 0 Å². The zero-order chi connectivity index (χ0) is 13.1. The molecule has 1 aliphatic rings. The maximum Gasteiger partial charge on any atom is 0.0258 e. The molecule has 0 aromatic carbocycles. The van der Waals surface area contributed by atoms with E-state index in [1.54, 1.807) is 0 Å². The van der Waals surface area contributed by atoms with Gasteiger partial charge in [0, 0.05) is 24.3 Å². The minimum Gasteiger partial charge on any atom is -0.386 e. The van der Waals surface area contributed by atoms with Gasteiger partial charge in [-0.05, 0) is 58.9 Å². The Morgan fingerprint density at radius 1 is 1.41 bits per heavy atom. The lowest BCUT2D eigenvalue weighted by atomic mass is 9.73. The van der Waals surface area contributed by atoms with E-state index in [9.17, 15) is 0 Å². The van der Waals surface area contributed by atoms with Gasteiger partial charge in [-0.2, -0.15) is 0 Å². The summed E-state index contributed by atoms with van der Waals surface area (Å²) in [5.74, 6) is 0. The quantitative estimate of drug-likeness (QED) is 0.790. The highest BCUT2D eigenvalue weighted by molar-refractivity contribution is 4.93. The molecule has 0 radical (unpaired) electrons. The minimum absolute atomic E-state index is 0.506. The molecule has 1 N–H and O–H groups in total. The highest BCUT2D eigenvalue weighted by atomic mass is 15.1. The largest absolute Gasteiger partial charge is 0.386 e. The molecule has 2 heteroatoms. The van der Waals surface area contributed by atoms with Crippen molar-refractivity contribution in [3.63, 3.8) is 0 Å². The molecular formula is C15H30N2. The first-order valence-corrected chi connectivity index (χ1v) is 6.95. The molecule has 0 heterocycles. The topological polar surface area (TPSA) is 15.3 Å². The van der Waals surface area contributed by atoms with Crippen LogP contribution < -0.4 is 5.32 Å². The van der Waals surface area contributed by atoms with E-state index >= 15 is 0 Å². The molecule has 1 aliphatic carbocycles. The molecule has 1 fully saturated rings. The molecule has 2 nitrogen and oxygen atoms in total. The second-order valence-corrected chi connectivity index (χ2v) is 6.52. The molecule has 0 atom stereocenters. The van der Waals surface area contributed by atoms with E-state index in [4.69, 9.17) is 0 Å². The Bertz CT molecular complexity index is 250. The van der Waals surface area contributed by atoms with Gasteiger partial charge < -0.3 is 10.2 Å². The normalized spacial score (nSPS) is 29.7. The molecule has 0 unspecified atom stereocenters. The predicted octanol–water partition coefficient (Wildman–Crippen LogP) is 3.40. The summed E-state index contributed by atoms with van der Waals surface area (Å²) in [5, 5.41) is 3.49. The van der Waals surface area contributed by atoms with E-state index in [1.165, 1.54) is 32.2 Å². The summed E-state index contributed by atoms with van der Waals surface area (Å²) in [6, 6.07) is 1.31. The van der Waals surface area contributed by atoms with Gasteiger partial charge in [-0.3, -0.25) is 0 Å². The Hall–Kier alpha value is -0.500. The van der Waals surface area contributed by atoms with Gasteiger partial charge in [-0.15, -0.1) is 0 Å². The zero-order valence-corrected chi connectivity index (χ0v) is 12.3. The molecule has 17 heavy (non-hydrogen) atoms. The standard InChI is InChI=1S/C15H30N2/c1-12(2)16-14-7-9-15(5,10-8-14)11-17(6)13(3)4/h13-14,16H,1,7-11H2,2-6H3. The molecule has 0 aromatic rings. The first-order valence-electron chi connectivity index (χ1n) is 6.95. The summed E-state index contributed by atoms with van der Waals surface area (Å²) < 4.78 is 0. The molecular weight excluding hydrogens is 208 g/mol. The fourth-order valence-corrected chi connectivity index (χ4v) is 2.75. The summed E-state index contributed by atoms with van der Waals surface area (Å²) in [4.78, 5) is 2.48. The SMILES string of the molecule is C=C(C)NC1CCC(C)(CN(C)C(C)C)CC1. The Morgan fingerprint density at radius 3 is 2.35 bits per heavy atom. The highest BCUT2D eigenvalue weighted by Gasteiger charge is 2.32. The van der Waals surface area contributed by atoms with Crippen molar-refractivity contribution in [2.45, 2.75) is 65.5 Å². The van der Waals surface area contributed by atoms with E-state index in [0.717, 1.165) is 5.70 Å². The van der Waals surface area contributed by atoms with Crippen molar-refractivity contribution < 1.29 is 0 Å². The molecule has 0 amide bonds. The van der Waals surface area contributed by atoms with Crippen molar-refractivity contribution in [3.05, 3.63) is 12.3 Å². The molecule has 0 saturated heterocycles. The van der Waals surface area contributed by atoms with Crippen molar-refractivity contribution in [1.82, 2.24) is 10.2 Å². The van der Waals surface area contributed by atoms with Crippen LogP contribution in [0.15, 0.2) is 12.3 Å². The molecule has 100 valence electrons. The van der Waals surface area contributed by atoms with Gasteiger partial charge >= 0.3 is 0 Å². The summed E-state index contributed by atoms with van der Waals surface area (Å²) >= 11 is 0. The first kappa shape index (κ1) is 14.6. The number of allylic oxidation sites excluding steroid dienone is 1. The summed E-state index contributed by atoms with van der Waals surface area (Å²) in [6.07, 6.45) is 5.23. The number of hydrogen-bond donors (Lipinski definition) is 1. The van der Waals surface area contributed by atoms with E-state index in [-0.39, 0.29) is 0 Å². The second-order valence-electron chi connectivity index (χ2n) is 6.52. The lowest BCUT2D eigenvalue weighted by molar-refractivity contribution is 0.109. The van der Waals surface area contributed by atoms with Crippen LogP contribution in [0.5, 0.6) is 0 Å².